The lowest BCUT2D eigenvalue weighted by Crippen LogP contribution is -1.98. The lowest BCUT2D eigenvalue weighted by atomic mass is 10.1. The van der Waals surface area contributed by atoms with Gasteiger partial charge in [-0.1, -0.05) is 6.07 Å². The van der Waals surface area contributed by atoms with E-state index >= 15 is 0 Å². The average molecular weight is 266 g/mol. The predicted octanol–water partition coefficient (Wildman–Crippen LogP) is 2.91. The SMILES string of the molecule is Cn1c2ccncc2c2cc(C3CC3C(=O)O)ccc21. The van der Waals surface area contributed by atoms with Crippen LogP contribution in [-0.2, 0) is 11.8 Å². The molecule has 1 fully saturated rings. The van der Waals surface area contributed by atoms with Crippen molar-refractivity contribution in [3.05, 3.63) is 42.2 Å². The van der Waals surface area contributed by atoms with Gasteiger partial charge in [-0.25, -0.2) is 0 Å². The Labute approximate surface area is 115 Å². The minimum atomic E-state index is -0.685. The van der Waals surface area contributed by atoms with Crippen molar-refractivity contribution < 1.29 is 9.90 Å². The summed E-state index contributed by atoms with van der Waals surface area (Å²) in [5.41, 5.74) is 3.43. The third-order valence-corrected chi connectivity index (χ3v) is 4.37. The van der Waals surface area contributed by atoms with Crippen LogP contribution in [0, 0.1) is 5.92 Å². The van der Waals surface area contributed by atoms with Gasteiger partial charge in [0, 0.05) is 35.7 Å². The second-order valence-electron chi connectivity index (χ2n) is 5.52. The molecule has 4 rings (SSSR count). The van der Waals surface area contributed by atoms with Crippen LogP contribution in [0.2, 0.25) is 0 Å². The monoisotopic (exact) mass is 266 g/mol. The van der Waals surface area contributed by atoms with Gasteiger partial charge in [0.05, 0.1) is 11.4 Å². The molecule has 2 atom stereocenters. The van der Waals surface area contributed by atoms with Crippen molar-refractivity contribution >= 4 is 27.8 Å². The first-order chi connectivity index (χ1) is 9.66. The predicted molar refractivity (Wildman–Crippen MR) is 76.7 cm³/mol. The minimum Gasteiger partial charge on any atom is -0.481 e. The molecule has 4 nitrogen and oxygen atoms in total. The molecule has 2 heterocycles. The Hall–Kier alpha value is -2.36. The maximum absolute atomic E-state index is 11.0. The van der Waals surface area contributed by atoms with Crippen molar-refractivity contribution in [2.75, 3.05) is 0 Å². The van der Waals surface area contributed by atoms with Crippen LogP contribution in [0.25, 0.3) is 21.8 Å². The van der Waals surface area contributed by atoms with E-state index in [-0.39, 0.29) is 11.8 Å². The van der Waals surface area contributed by atoms with Crippen LogP contribution in [0.5, 0.6) is 0 Å². The fraction of sp³-hybridized carbons (Fsp3) is 0.250. The zero-order valence-corrected chi connectivity index (χ0v) is 11.1. The molecule has 0 spiro atoms. The number of aliphatic carboxylic acids is 1. The van der Waals surface area contributed by atoms with Crippen LogP contribution in [0.4, 0.5) is 0 Å². The standard InChI is InChI=1S/C16H14N2O2/c1-18-14-3-2-9(10-7-12(10)16(19)20)6-11(14)13-8-17-5-4-15(13)18/h2-6,8,10,12H,7H2,1H3,(H,19,20). The summed E-state index contributed by atoms with van der Waals surface area (Å²) in [6.07, 6.45) is 4.43. The zero-order chi connectivity index (χ0) is 13.9. The molecular formula is C16H14N2O2. The first kappa shape index (κ1) is 11.5. The summed E-state index contributed by atoms with van der Waals surface area (Å²) in [4.78, 5) is 15.2. The summed E-state index contributed by atoms with van der Waals surface area (Å²) < 4.78 is 2.15. The molecule has 0 aliphatic heterocycles. The topological polar surface area (TPSA) is 55.1 Å². The molecule has 20 heavy (non-hydrogen) atoms. The van der Waals surface area contributed by atoms with Crippen LogP contribution < -0.4 is 0 Å². The Bertz CT molecular complexity index is 850. The minimum absolute atomic E-state index is 0.170. The largest absolute Gasteiger partial charge is 0.481 e. The van der Waals surface area contributed by atoms with Crippen molar-refractivity contribution in [2.45, 2.75) is 12.3 Å². The van der Waals surface area contributed by atoms with Gasteiger partial charge in [-0.2, -0.15) is 0 Å². The third-order valence-electron chi connectivity index (χ3n) is 4.37. The maximum Gasteiger partial charge on any atom is 0.307 e. The molecule has 1 N–H and O–H groups in total. The Morgan fingerprint density at radius 3 is 2.85 bits per heavy atom. The Morgan fingerprint density at radius 1 is 1.30 bits per heavy atom. The molecule has 2 aromatic heterocycles. The highest BCUT2D eigenvalue weighted by atomic mass is 16.4. The molecule has 0 bridgehead atoms. The van der Waals surface area contributed by atoms with Gasteiger partial charge in [0.1, 0.15) is 0 Å². The number of fused-ring (bicyclic) bond motifs is 3. The maximum atomic E-state index is 11.0. The Kier molecular flexibility index (Phi) is 2.19. The Balaban J connectivity index is 1.91. The van der Waals surface area contributed by atoms with Gasteiger partial charge in [0.2, 0.25) is 0 Å². The Morgan fingerprint density at radius 2 is 2.10 bits per heavy atom. The van der Waals surface area contributed by atoms with Crippen molar-refractivity contribution in [2.24, 2.45) is 13.0 Å². The summed E-state index contributed by atoms with van der Waals surface area (Å²) in [6, 6.07) is 8.28. The molecule has 1 aliphatic carbocycles. The van der Waals surface area contributed by atoms with Crippen LogP contribution in [0.15, 0.2) is 36.7 Å². The summed E-state index contributed by atoms with van der Waals surface area (Å²) in [5.74, 6) is -0.723. The van der Waals surface area contributed by atoms with E-state index in [0.29, 0.717) is 0 Å². The van der Waals surface area contributed by atoms with Gasteiger partial charge in [-0.05, 0) is 36.1 Å². The molecule has 2 unspecified atom stereocenters. The molecule has 0 amide bonds. The highest BCUT2D eigenvalue weighted by Gasteiger charge is 2.44. The van der Waals surface area contributed by atoms with Crippen LogP contribution in [-0.4, -0.2) is 20.6 Å². The highest BCUT2D eigenvalue weighted by Crippen LogP contribution is 2.48. The van der Waals surface area contributed by atoms with Gasteiger partial charge in [-0.3, -0.25) is 9.78 Å². The van der Waals surface area contributed by atoms with Crippen LogP contribution in [0.3, 0.4) is 0 Å². The molecule has 3 aromatic rings. The van der Waals surface area contributed by atoms with Gasteiger partial charge in [0.25, 0.3) is 0 Å². The smallest absolute Gasteiger partial charge is 0.307 e. The zero-order valence-electron chi connectivity index (χ0n) is 11.1. The van der Waals surface area contributed by atoms with Crippen molar-refractivity contribution in [1.82, 2.24) is 9.55 Å². The molecule has 0 saturated heterocycles. The molecule has 0 radical (unpaired) electrons. The third kappa shape index (κ3) is 1.48. The van der Waals surface area contributed by atoms with E-state index in [1.165, 1.54) is 0 Å². The first-order valence-electron chi connectivity index (χ1n) is 6.71. The average Bonchev–Trinajstić information content (AvgIpc) is 3.22. The quantitative estimate of drug-likeness (QED) is 0.776. The van der Waals surface area contributed by atoms with Crippen LogP contribution in [0.1, 0.15) is 17.9 Å². The number of carboxylic acids is 1. The normalized spacial score (nSPS) is 21.4. The number of pyridine rings is 1. The molecule has 100 valence electrons. The molecule has 1 saturated carbocycles. The highest BCUT2D eigenvalue weighted by molar-refractivity contribution is 6.07. The van der Waals surface area contributed by atoms with E-state index in [1.807, 2.05) is 19.3 Å². The second kappa shape index (κ2) is 3.82. The van der Waals surface area contributed by atoms with E-state index in [1.54, 1.807) is 6.20 Å². The summed E-state index contributed by atoms with van der Waals surface area (Å²) in [5, 5.41) is 11.3. The number of hydrogen-bond donors (Lipinski definition) is 1. The number of hydrogen-bond acceptors (Lipinski definition) is 2. The number of carbonyl (C=O) groups is 1. The van der Waals surface area contributed by atoms with Crippen LogP contribution >= 0.6 is 0 Å². The van der Waals surface area contributed by atoms with E-state index in [9.17, 15) is 4.79 Å². The number of nitrogens with zero attached hydrogens (tertiary/aromatic N) is 2. The van der Waals surface area contributed by atoms with Crippen molar-refractivity contribution in [3.63, 3.8) is 0 Å². The van der Waals surface area contributed by atoms with E-state index in [2.05, 4.69) is 27.8 Å². The summed E-state index contributed by atoms with van der Waals surface area (Å²) in [6.45, 7) is 0. The van der Waals surface area contributed by atoms with Gasteiger partial charge in [-0.15, -0.1) is 0 Å². The number of aryl methyl sites for hydroxylation is 1. The number of aromatic nitrogens is 2. The van der Waals surface area contributed by atoms with E-state index in [0.717, 1.165) is 33.8 Å². The van der Waals surface area contributed by atoms with Gasteiger partial charge >= 0.3 is 5.97 Å². The summed E-state index contributed by atoms with van der Waals surface area (Å²) in [7, 11) is 2.04. The number of benzene rings is 1. The van der Waals surface area contributed by atoms with Crippen molar-refractivity contribution in [3.8, 4) is 0 Å². The molecule has 4 heteroatoms. The fourth-order valence-electron chi connectivity index (χ4n) is 3.15. The number of rotatable bonds is 2. The van der Waals surface area contributed by atoms with Crippen molar-refractivity contribution in [1.29, 1.82) is 0 Å². The van der Waals surface area contributed by atoms with Gasteiger partial charge in [0.15, 0.2) is 0 Å². The molecule has 1 aromatic carbocycles. The fourth-order valence-corrected chi connectivity index (χ4v) is 3.15. The van der Waals surface area contributed by atoms with E-state index < -0.39 is 5.97 Å². The lowest BCUT2D eigenvalue weighted by molar-refractivity contribution is -0.138. The first-order valence-corrected chi connectivity index (χ1v) is 6.71. The molecular weight excluding hydrogens is 252 g/mol. The number of carboxylic acid groups (broad SMARTS) is 1. The van der Waals surface area contributed by atoms with Gasteiger partial charge < -0.3 is 9.67 Å². The lowest BCUT2D eigenvalue weighted by Gasteiger charge is -2.01. The molecule has 1 aliphatic rings. The van der Waals surface area contributed by atoms with E-state index in [4.69, 9.17) is 5.11 Å². The second-order valence-corrected chi connectivity index (χ2v) is 5.52. The summed E-state index contributed by atoms with van der Waals surface area (Å²) >= 11 is 0.